The zero-order valence-corrected chi connectivity index (χ0v) is 12.0. The molecule has 0 unspecified atom stereocenters. The lowest BCUT2D eigenvalue weighted by Gasteiger charge is -2.39. The largest absolute Gasteiger partial charge is 0.366 e. The molecule has 1 aliphatic rings. The summed E-state index contributed by atoms with van der Waals surface area (Å²) in [7, 11) is 1.76. The van der Waals surface area contributed by atoms with Crippen molar-refractivity contribution in [1.29, 1.82) is 0 Å². The molecule has 6 nitrogen and oxygen atoms in total. The van der Waals surface area contributed by atoms with E-state index in [0.717, 1.165) is 18.8 Å². The highest BCUT2D eigenvalue weighted by Crippen LogP contribution is 2.36. The van der Waals surface area contributed by atoms with Crippen LogP contribution in [0.1, 0.15) is 51.3 Å². The zero-order chi connectivity index (χ0) is 13.7. The number of ether oxygens (including phenoxy) is 1. The van der Waals surface area contributed by atoms with Gasteiger partial charge in [-0.2, -0.15) is 4.80 Å². The van der Waals surface area contributed by atoms with E-state index in [9.17, 15) is 0 Å². The molecule has 1 aromatic rings. The maximum Gasteiger partial charge on any atom is 0.200 e. The van der Waals surface area contributed by atoms with Gasteiger partial charge in [-0.05, 0) is 36.8 Å². The summed E-state index contributed by atoms with van der Waals surface area (Å²) in [4.78, 5) is 1.45. The first-order valence-electron chi connectivity index (χ1n) is 7.24. The molecule has 0 amide bonds. The van der Waals surface area contributed by atoms with Gasteiger partial charge in [0, 0.05) is 6.54 Å². The van der Waals surface area contributed by atoms with Crippen LogP contribution in [-0.4, -0.2) is 32.4 Å². The minimum atomic E-state index is -0.177. The molecule has 0 atom stereocenters. The van der Waals surface area contributed by atoms with E-state index < -0.39 is 0 Å². The highest BCUT2D eigenvalue weighted by molar-refractivity contribution is 4.89. The smallest absolute Gasteiger partial charge is 0.200 e. The number of aryl methyl sites for hydroxylation is 1. The van der Waals surface area contributed by atoms with Crippen molar-refractivity contribution in [3.63, 3.8) is 0 Å². The zero-order valence-electron chi connectivity index (χ0n) is 12.0. The molecule has 108 valence electrons. The van der Waals surface area contributed by atoms with Crippen molar-refractivity contribution >= 4 is 0 Å². The lowest BCUT2D eigenvalue weighted by atomic mass is 9.77. The van der Waals surface area contributed by atoms with Gasteiger partial charge in [-0.3, -0.25) is 0 Å². The van der Waals surface area contributed by atoms with Crippen LogP contribution in [0.5, 0.6) is 0 Å². The van der Waals surface area contributed by atoms with Crippen LogP contribution in [0.4, 0.5) is 0 Å². The number of nitrogens with zero attached hydrogens (tertiary/aromatic N) is 4. The van der Waals surface area contributed by atoms with Crippen LogP contribution in [-0.2, 0) is 18.4 Å². The Labute approximate surface area is 114 Å². The fourth-order valence-corrected chi connectivity index (χ4v) is 2.91. The predicted molar refractivity (Wildman–Crippen MR) is 72.2 cm³/mol. The number of nitrogens with two attached hydrogens (primary N) is 1. The van der Waals surface area contributed by atoms with Crippen LogP contribution in [0, 0.1) is 5.92 Å². The molecule has 6 heteroatoms. The van der Waals surface area contributed by atoms with Gasteiger partial charge in [-0.1, -0.05) is 19.8 Å². The SMILES string of the molecule is CCCC1CCC(CN)(OCc2nnn(C)n2)CC1. The Morgan fingerprint density at radius 3 is 2.68 bits per heavy atom. The summed E-state index contributed by atoms with van der Waals surface area (Å²) in [6, 6.07) is 0. The molecule has 1 aromatic heterocycles. The molecule has 19 heavy (non-hydrogen) atoms. The van der Waals surface area contributed by atoms with Crippen LogP contribution in [0.3, 0.4) is 0 Å². The van der Waals surface area contributed by atoms with Crippen molar-refractivity contribution in [2.24, 2.45) is 18.7 Å². The second-order valence-electron chi connectivity index (χ2n) is 5.60. The van der Waals surface area contributed by atoms with Crippen LogP contribution >= 0.6 is 0 Å². The third-order valence-corrected chi connectivity index (χ3v) is 4.14. The Balaban J connectivity index is 1.86. The van der Waals surface area contributed by atoms with Gasteiger partial charge in [-0.25, -0.2) is 0 Å². The predicted octanol–water partition coefficient (Wildman–Crippen LogP) is 1.41. The van der Waals surface area contributed by atoms with E-state index in [0.29, 0.717) is 19.0 Å². The average Bonchev–Trinajstić information content (AvgIpc) is 2.85. The van der Waals surface area contributed by atoms with E-state index in [1.807, 2.05) is 0 Å². The normalized spacial score (nSPS) is 27.6. The summed E-state index contributed by atoms with van der Waals surface area (Å²) in [5.41, 5.74) is 5.76. The number of hydrogen-bond acceptors (Lipinski definition) is 5. The van der Waals surface area contributed by atoms with Crippen molar-refractivity contribution in [3.8, 4) is 0 Å². The van der Waals surface area contributed by atoms with Gasteiger partial charge in [0.2, 0.25) is 0 Å². The van der Waals surface area contributed by atoms with Crippen molar-refractivity contribution < 1.29 is 4.74 Å². The molecule has 1 fully saturated rings. The fourth-order valence-electron chi connectivity index (χ4n) is 2.91. The quantitative estimate of drug-likeness (QED) is 0.843. The first-order valence-corrected chi connectivity index (χ1v) is 7.24. The summed E-state index contributed by atoms with van der Waals surface area (Å²) in [5, 5.41) is 11.9. The van der Waals surface area contributed by atoms with Crippen molar-refractivity contribution in [2.75, 3.05) is 6.54 Å². The van der Waals surface area contributed by atoms with Gasteiger partial charge >= 0.3 is 0 Å². The number of hydrogen-bond donors (Lipinski definition) is 1. The molecule has 0 saturated heterocycles. The Bertz CT molecular complexity index is 384. The number of tetrazole rings is 1. The minimum Gasteiger partial charge on any atom is -0.366 e. The van der Waals surface area contributed by atoms with E-state index in [2.05, 4.69) is 22.3 Å². The van der Waals surface area contributed by atoms with Gasteiger partial charge in [0.1, 0.15) is 6.61 Å². The van der Waals surface area contributed by atoms with Crippen molar-refractivity contribution in [3.05, 3.63) is 5.82 Å². The Morgan fingerprint density at radius 2 is 2.16 bits per heavy atom. The second kappa shape index (κ2) is 6.43. The van der Waals surface area contributed by atoms with Crippen LogP contribution in [0.2, 0.25) is 0 Å². The molecular formula is C13H25N5O. The summed E-state index contributed by atoms with van der Waals surface area (Å²) in [6.07, 6.45) is 7.14. The highest BCUT2D eigenvalue weighted by atomic mass is 16.5. The standard InChI is InChI=1S/C13H25N5O/c1-3-4-11-5-7-13(10-14,8-6-11)19-9-12-15-17-18(2)16-12/h11H,3-10,14H2,1-2H3. The third-order valence-electron chi connectivity index (χ3n) is 4.14. The fraction of sp³-hybridized carbons (Fsp3) is 0.923. The molecule has 2 N–H and O–H groups in total. The van der Waals surface area contributed by atoms with Crippen LogP contribution in [0.15, 0.2) is 0 Å². The molecule has 0 spiro atoms. The van der Waals surface area contributed by atoms with Crippen LogP contribution in [0.25, 0.3) is 0 Å². The molecule has 0 aliphatic heterocycles. The lowest BCUT2D eigenvalue weighted by molar-refractivity contribution is -0.0838. The van der Waals surface area contributed by atoms with E-state index >= 15 is 0 Å². The minimum absolute atomic E-state index is 0.177. The lowest BCUT2D eigenvalue weighted by Crippen LogP contribution is -2.44. The van der Waals surface area contributed by atoms with Gasteiger partial charge < -0.3 is 10.5 Å². The van der Waals surface area contributed by atoms with Crippen LogP contribution < -0.4 is 5.73 Å². The topological polar surface area (TPSA) is 78.9 Å². The molecule has 0 bridgehead atoms. The molecule has 1 heterocycles. The second-order valence-corrected chi connectivity index (χ2v) is 5.60. The summed E-state index contributed by atoms with van der Waals surface area (Å²) in [6.45, 7) is 3.23. The van der Waals surface area contributed by atoms with Crippen molar-refractivity contribution in [2.45, 2.75) is 57.7 Å². The van der Waals surface area contributed by atoms with E-state index in [1.54, 1.807) is 7.05 Å². The first-order chi connectivity index (χ1) is 9.17. The summed E-state index contributed by atoms with van der Waals surface area (Å²) < 4.78 is 6.04. The van der Waals surface area contributed by atoms with Gasteiger partial charge in [0.15, 0.2) is 5.82 Å². The number of rotatable bonds is 6. The Kier molecular flexibility index (Phi) is 4.87. The summed E-state index contributed by atoms with van der Waals surface area (Å²) in [5.74, 6) is 1.48. The Hall–Kier alpha value is -1.01. The highest BCUT2D eigenvalue weighted by Gasteiger charge is 2.35. The molecule has 0 radical (unpaired) electrons. The molecule has 2 rings (SSSR count). The maximum absolute atomic E-state index is 6.04. The Morgan fingerprint density at radius 1 is 1.42 bits per heavy atom. The van der Waals surface area contributed by atoms with E-state index in [-0.39, 0.29) is 5.60 Å². The average molecular weight is 267 g/mol. The maximum atomic E-state index is 6.04. The van der Waals surface area contributed by atoms with E-state index in [1.165, 1.54) is 30.5 Å². The first kappa shape index (κ1) is 14.4. The van der Waals surface area contributed by atoms with Crippen molar-refractivity contribution in [1.82, 2.24) is 20.2 Å². The summed E-state index contributed by atoms with van der Waals surface area (Å²) >= 11 is 0. The third kappa shape index (κ3) is 3.73. The molecule has 1 aliphatic carbocycles. The van der Waals surface area contributed by atoms with Gasteiger partial charge in [0.05, 0.1) is 12.6 Å². The monoisotopic (exact) mass is 267 g/mol. The van der Waals surface area contributed by atoms with Gasteiger partial charge in [-0.15, -0.1) is 10.2 Å². The number of aromatic nitrogens is 4. The molecule has 1 saturated carbocycles. The van der Waals surface area contributed by atoms with E-state index in [4.69, 9.17) is 10.5 Å². The van der Waals surface area contributed by atoms with Gasteiger partial charge in [0.25, 0.3) is 0 Å². The molecule has 0 aromatic carbocycles. The molecular weight excluding hydrogens is 242 g/mol.